The number of aryl methyl sites for hydroxylation is 1. The van der Waals surface area contributed by atoms with Crippen LogP contribution < -0.4 is 5.73 Å². The minimum atomic E-state index is -1.20. The number of rotatable bonds is 7. The Hall–Kier alpha value is -3.60. The fourth-order valence-corrected chi connectivity index (χ4v) is 6.32. The third kappa shape index (κ3) is 5.07. The van der Waals surface area contributed by atoms with E-state index in [1.807, 2.05) is 68.7 Å². The van der Waals surface area contributed by atoms with Gasteiger partial charge in [0.25, 0.3) is 5.91 Å². The molecule has 0 aliphatic carbocycles. The smallest absolute Gasteiger partial charge is 0.255 e. The van der Waals surface area contributed by atoms with Gasteiger partial charge in [0, 0.05) is 18.7 Å². The summed E-state index contributed by atoms with van der Waals surface area (Å²) in [6.45, 7) is 6.64. The lowest BCUT2D eigenvalue weighted by Crippen LogP contribution is -2.56. The van der Waals surface area contributed by atoms with Gasteiger partial charge >= 0.3 is 0 Å². The van der Waals surface area contributed by atoms with E-state index in [4.69, 9.17) is 11.1 Å². The fraction of sp³-hybridized carbons (Fsp3) is 0.379. The zero-order valence-corrected chi connectivity index (χ0v) is 23.1. The summed E-state index contributed by atoms with van der Waals surface area (Å²) in [5.41, 5.74) is 12.8. The van der Waals surface area contributed by atoms with E-state index in [2.05, 4.69) is 9.98 Å². The van der Waals surface area contributed by atoms with E-state index >= 15 is 0 Å². The largest absolute Gasteiger partial charge is 0.388 e. The number of aliphatic imine (C=N–C) groups is 1. The number of amides is 1. The van der Waals surface area contributed by atoms with Gasteiger partial charge in [0.05, 0.1) is 34.8 Å². The molecule has 0 radical (unpaired) electrons. The van der Waals surface area contributed by atoms with Crippen LogP contribution >= 0.6 is 11.3 Å². The van der Waals surface area contributed by atoms with E-state index in [9.17, 15) is 15.0 Å². The highest BCUT2D eigenvalue weighted by molar-refractivity contribution is 7.13. The van der Waals surface area contributed by atoms with Crippen molar-refractivity contribution in [2.75, 3.05) is 6.54 Å². The van der Waals surface area contributed by atoms with E-state index in [-0.39, 0.29) is 30.0 Å². The van der Waals surface area contributed by atoms with Crippen molar-refractivity contribution in [3.8, 4) is 10.4 Å². The highest BCUT2D eigenvalue weighted by Gasteiger charge is 2.47. The summed E-state index contributed by atoms with van der Waals surface area (Å²) in [6, 6.07) is 14.1. The van der Waals surface area contributed by atoms with Crippen LogP contribution in [0.1, 0.15) is 41.0 Å². The highest BCUT2D eigenvalue weighted by atomic mass is 32.1. The van der Waals surface area contributed by atoms with Gasteiger partial charge < -0.3 is 25.7 Å². The molecule has 9 nitrogen and oxygen atoms in total. The molecule has 204 valence electrons. The number of β-amino-alcohol motifs (C(OH)–C–C–N with tert-alkyl or cyclic N) is 1. The average Bonchev–Trinajstić information content (AvgIpc) is 3.58. The second-order valence-corrected chi connectivity index (χ2v) is 11.4. The molecule has 2 aromatic carbocycles. The zero-order valence-electron chi connectivity index (χ0n) is 22.3. The van der Waals surface area contributed by atoms with Crippen molar-refractivity contribution in [1.29, 1.82) is 5.41 Å². The van der Waals surface area contributed by atoms with Crippen molar-refractivity contribution in [3.05, 3.63) is 76.4 Å². The molecular weight excluding hydrogens is 512 g/mol. The van der Waals surface area contributed by atoms with Crippen molar-refractivity contribution in [3.63, 3.8) is 0 Å². The number of nitrogens with one attached hydrogen (secondary N) is 1. The van der Waals surface area contributed by atoms with E-state index < -0.39 is 24.3 Å². The van der Waals surface area contributed by atoms with Crippen LogP contribution in [0.2, 0.25) is 0 Å². The van der Waals surface area contributed by atoms with Crippen LogP contribution in [-0.4, -0.2) is 73.4 Å². The molecule has 5 N–H and O–H groups in total. The summed E-state index contributed by atoms with van der Waals surface area (Å²) < 4.78 is 0. The Kier molecular flexibility index (Phi) is 7.53. The van der Waals surface area contributed by atoms with Gasteiger partial charge in [-0.1, -0.05) is 56.3 Å². The molecule has 0 saturated carbocycles. The molecule has 1 amide bonds. The Bertz CT molecular complexity index is 1400. The van der Waals surface area contributed by atoms with Crippen molar-refractivity contribution in [1.82, 2.24) is 14.8 Å². The maximum Gasteiger partial charge on any atom is 0.255 e. The Labute approximate surface area is 232 Å². The molecule has 1 aromatic heterocycles. The number of aliphatic hydroxyl groups excluding tert-OH is 2. The van der Waals surface area contributed by atoms with E-state index in [1.54, 1.807) is 27.2 Å². The van der Waals surface area contributed by atoms with Gasteiger partial charge in [0.15, 0.2) is 0 Å². The first kappa shape index (κ1) is 27.0. The lowest BCUT2D eigenvalue weighted by atomic mass is 9.99. The summed E-state index contributed by atoms with van der Waals surface area (Å²) in [5.74, 6) is 0.0774. The van der Waals surface area contributed by atoms with Crippen LogP contribution in [0.5, 0.6) is 0 Å². The van der Waals surface area contributed by atoms with Crippen LogP contribution in [0, 0.1) is 18.3 Å². The number of thiazole rings is 1. The van der Waals surface area contributed by atoms with E-state index in [1.165, 1.54) is 0 Å². The van der Waals surface area contributed by atoms with E-state index in [0.717, 1.165) is 27.3 Å². The normalized spacial score (nSPS) is 22.1. The number of amidine groups is 2. The van der Waals surface area contributed by atoms with Gasteiger partial charge in [0.2, 0.25) is 0 Å². The highest BCUT2D eigenvalue weighted by Crippen LogP contribution is 2.31. The zero-order chi connectivity index (χ0) is 27.8. The summed E-state index contributed by atoms with van der Waals surface area (Å²) in [5, 5.41) is 30.6. The van der Waals surface area contributed by atoms with Crippen molar-refractivity contribution in [2.24, 2.45) is 16.6 Å². The Morgan fingerprint density at radius 1 is 1.21 bits per heavy atom. The van der Waals surface area contributed by atoms with Crippen LogP contribution in [-0.2, 0) is 13.1 Å². The number of fused-ring (bicyclic) bond motifs is 1. The maximum absolute atomic E-state index is 13.2. The predicted molar refractivity (Wildman–Crippen MR) is 153 cm³/mol. The van der Waals surface area contributed by atoms with Crippen LogP contribution in [0.3, 0.4) is 0 Å². The maximum atomic E-state index is 13.2. The first-order chi connectivity index (χ1) is 18.7. The fourth-order valence-electron chi connectivity index (χ4n) is 5.51. The Morgan fingerprint density at radius 3 is 2.56 bits per heavy atom. The SMILES string of the molecule is Cc1ncsc1-c1ccc(CN=C(N)[C@@H]2[C@@H](O)[C@@H](O)CN2C(=N)[C@H](C(C)C)N2Cc3ccccc3C2=O)cc1. The molecule has 2 aliphatic rings. The molecule has 10 heteroatoms. The molecule has 0 bridgehead atoms. The van der Waals surface area contributed by atoms with E-state index in [0.29, 0.717) is 18.7 Å². The average molecular weight is 547 g/mol. The van der Waals surface area contributed by atoms with Crippen LogP contribution in [0.25, 0.3) is 10.4 Å². The molecule has 1 fully saturated rings. The van der Waals surface area contributed by atoms with Crippen molar-refractivity contribution < 1.29 is 15.0 Å². The lowest BCUT2D eigenvalue weighted by molar-refractivity contribution is 0.0495. The number of nitrogens with zero attached hydrogens (tertiary/aromatic N) is 4. The summed E-state index contributed by atoms with van der Waals surface area (Å²) in [4.78, 5) is 26.5. The minimum Gasteiger partial charge on any atom is -0.388 e. The molecule has 1 saturated heterocycles. The molecule has 2 aliphatic heterocycles. The second kappa shape index (κ2) is 10.9. The predicted octanol–water partition coefficient (Wildman–Crippen LogP) is 3.04. The second-order valence-electron chi connectivity index (χ2n) is 10.5. The number of benzene rings is 2. The topological polar surface area (TPSA) is 139 Å². The van der Waals surface area contributed by atoms with Crippen LogP contribution in [0.4, 0.5) is 0 Å². The number of aliphatic hydroxyl groups is 2. The number of carbonyl (C=O) groups is 1. The molecule has 39 heavy (non-hydrogen) atoms. The monoisotopic (exact) mass is 546 g/mol. The number of nitrogens with two attached hydrogens (primary N) is 1. The summed E-state index contributed by atoms with van der Waals surface area (Å²) in [7, 11) is 0. The van der Waals surface area contributed by atoms with Gasteiger partial charge in [-0.15, -0.1) is 11.3 Å². The van der Waals surface area contributed by atoms with Gasteiger partial charge in [0.1, 0.15) is 23.8 Å². The third-order valence-electron chi connectivity index (χ3n) is 7.55. The standard InChI is InChI=1S/C29H34N6O3S/c1-16(2)23(35-13-20-6-4-5-7-21(20)29(35)38)28(31)34-14-22(36)25(37)24(34)27(30)32-12-18-8-10-19(11-9-18)26-17(3)33-15-39-26/h4-11,15-16,22-25,31,36-37H,12-14H2,1-3H3,(H2,30,32)/t22-,23-,24-,25-/m0/s1. The molecule has 3 heterocycles. The first-order valence-corrected chi connectivity index (χ1v) is 13.9. The summed E-state index contributed by atoms with van der Waals surface area (Å²) >= 11 is 1.60. The first-order valence-electron chi connectivity index (χ1n) is 13.1. The van der Waals surface area contributed by atoms with Crippen LogP contribution in [0.15, 0.2) is 59.0 Å². The van der Waals surface area contributed by atoms with Gasteiger partial charge in [-0.3, -0.25) is 15.2 Å². The quantitative estimate of drug-likeness (QED) is 0.265. The molecule has 0 unspecified atom stereocenters. The molecule has 3 aromatic rings. The Balaban J connectivity index is 1.35. The Morgan fingerprint density at radius 2 is 1.92 bits per heavy atom. The van der Waals surface area contributed by atoms with Gasteiger partial charge in [-0.05, 0) is 35.6 Å². The molecular formula is C29H34N6O3S. The van der Waals surface area contributed by atoms with Gasteiger partial charge in [-0.2, -0.15) is 0 Å². The number of likely N-dealkylation sites (tertiary alicyclic amines) is 1. The van der Waals surface area contributed by atoms with Gasteiger partial charge in [-0.25, -0.2) is 4.98 Å². The molecule has 4 atom stereocenters. The lowest BCUT2D eigenvalue weighted by Gasteiger charge is -2.37. The van der Waals surface area contributed by atoms with Crippen molar-refractivity contribution in [2.45, 2.75) is 58.2 Å². The molecule has 5 rings (SSSR count). The number of hydrogen-bond donors (Lipinski definition) is 4. The number of carbonyl (C=O) groups excluding carboxylic acids is 1. The summed E-state index contributed by atoms with van der Waals surface area (Å²) in [6.07, 6.45) is -2.30. The van der Waals surface area contributed by atoms with Crippen molar-refractivity contribution >= 4 is 28.9 Å². The number of aromatic nitrogens is 1. The molecule has 0 spiro atoms. The third-order valence-corrected chi connectivity index (χ3v) is 8.53. The number of hydrogen-bond acceptors (Lipinski definition) is 7. The minimum absolute atomic E-state index is 0.0297.